The van der Waals surface area contributed by atoms with Crippen molar-refractivity contribution in [2.45, 2.75) is 32.7 Å². The standard InChI is InChI=1S/C16H26N2/c1-6-13(3)12-16(17-7-2)14-8-10-15(11-9-14)18(4)5/h8-11,16-17H,3,6-7,12H2,1-2,4-5H3. The van der Waals surface area contributed by atoms with E-state index in [-0.39, 0.29) is 0 Å². The minimum Gasteiger partial charge on any atom is -0.378 e. The summed E-state index contributed by atoms with van der Waals surface area (Å²) in [5, 5.41) is 3.54. The van der Waals surface area contributed by atoms with Crippen LogP contribution in [0, 0.1) is 0 Å². The predicted octanol–water partition coefficient (Wildman–Crippen LogP) is 3.76. The van der Waals surface area contributed by atoms with Crippen LogP contribution < -0.4 is 10.2 Å². The maximum Gasteiger partial charge on any atom is 0.0361 e. The fourth-order valence-electron chi connectivity index (χ4n) is 1.99. The van der Waals surface area contributed by atoms with Crippen molar-refractivity contribution in [3.05, 3.63) is 42.0 Å². The lowest BCUT2D eigenvalue weighted by atomic mass is 9.98. The van der Waals surface area contributed by atoms with Gasteiger partial charge in [0.05, 0.1) is 0 Å². The first-order valence-corrected chi connectivity index (χ1v) is 6.75. The molecule has 0 radical (unpaired) electrons. The minimum absolute atomic E-state index is 0.388. The van der Waals surface area contributed by atoms with Crippen molar-refractivity contribution < 1.29 is 0 Å². The molecule has 1 N–H and O–H groups in total. The van der Waals surface area contributed by atoms with E-state index < -0.39 is 0 Å². The molecule has 0 aromatic heterocycles. The lowest BCUT2D eigenvalue weighted by molar-refractivity contribution is 0.543. The van der Waals surface area contributed by atoms with Crippen LogP contribution in [0.25, 0.3) is 0 Å². The van der Waals surface area contributed by atoms with Gasteiger partial charge in [-0.15, -0.1) is 0 Å². The summed E-state index contributed by atoms with van der Waals surface area (Å²) in [6, 6.07) is 9.17. The molecule has 18 heavy (non-hydrogen) atoms. The zero-order valence-electron chi connectivity index (χ0n) is 12.2. The number of anilines is 1. The van der Waals surface area contributed by atoms with Gasteiger partial charge in [0.2, 0.25) is 0 Å². The van der Waals surface area contributed by atoms with Gasteiger partial charge in [-0.25, -0.2) is 0 Å². The van der Waals surface area contributed by atoms with E-state index in [2.05, 4.69) is 69.0 Å². The highest BCUT2D eigenvalue weighted by Crippen LogP contribution is 2.23. The van der Waals surface area contributed by atoms with Crippen molar-refractivity contribution in [1.82, 2.24) is 5.32 Å². The van der Waals surface area contributed by atoms with Crippen LogP contribution in [0.5, 0.6) is 0 Å². The average Bonchev–Trinajstić information content (AvgIpc) is 2.38. The third-order valence-electron chi connectivity index (χ3n) is 3.26. The molecule has 0 heterocycles. The van der Waals surface area contributed by atoms with Crippen LogP contribution in [0.3, 0.4) is 0 Å². The predicted molar refractivity (Wildman–Crippen MR) is 81.2 cm³/mol. The van der Waals surface area contributed by atoms with Crippen LogP contribution in [-0.4, -0.2) is 20.6 Å². The fourth-order valence-corrected chi connectivity index (χ4v) is 1.99. The highest BCUT2D eigenvalue weighted by Gasteiger charge is 2.11. The van der Waals surface area contributed by atoms with Gasteiger partial charge in [0.1, 0.15) is 0 Å². The molecule has 1 atom stereocenters. The minimum atomic E-state index is 0.388. The third kappa shape index (κ3) is 4.19. The summed E-state index contributed by atoms with van der Waals surface area (Å²) in [6.45, 7) is 9.42. The lowest BCUT2D eigenvalue weighted by Gasteiger charge is -2.20. The van der Waals surface area contributed by atoms with E-state index >= 15 is 0 Å². The molecule has 2 nitrogen and oxygen atoms in total. The lowest BCUT2D eigenvalue weighted by Crippen LogP contribution is -2.21. The molecule has 1 rings (SSSR count). The van der Waals surface area contributed by atoms with Crippen molar-refractivity contribution in [1.29, 1.82) is 0 Å². The number of benzene rings is 1. The molecule has 1 aromatic carbocycles. The molecule has 1 aromatic rings. The second-order valence-corrected chi connectivity index (χ2v) is 4.90. The molecule has 0 amide bonds. The number of hydrogen-bond acceptors (Lipinski definition) is 2. The molecule has 0 saturated carbocycles. The number of hydrogen-bond donors (Lipinski definition) is 1. The molecule has 0 fully saturated rings. The quantitative estimate of drug-likeness (QED) is 0.737. The first-order valence-electron chi connectivity index (χ1n) is 6.75. The zero-order chi connectivity index (χ0) is 13.5. The van der Waals surface area contributed by atoms with Gasteiger partial charge < -0.3 is 10.2 Å². The van der Waals surface area contributed by atoms with Gasteiger partial charge in [-0.3, -0.25) is 0 Å². The van der Waals surface area contributed by atoms with Crippen LogP contribution in [0.15, 0.2) is 36.4 Å². The van der Waals surface area contributed by atoms with Crippen LogP contribution >= 0.6 is 0 Å². The van der Waals surface area contributed by atoms with Crippen LogP contribution in [0.1, 0.15) is 38.3 Å². The molecule has 0 aliphatic rings. The summed E-state index contributed by atoms with van der Waals surface area (Å²) in [4.78, 5) is 2.12. The van der Waals surface area contributed by atoms with Gasteiger partial charge in [-0.2, -0.15) is 0 Å². The fraction of sp³-hybridized carbons (Fsp3) is 0.500. The summed E-state index contributed by atoms with van der Waals surface area (Å²) in [7, 11) is 4.13. The van der Waals surface area contributed by atoms with E-state index in [0.717, 1.165) is 19.4 Å². The largest absolute Gasteiger partial charge is 0.378 e. The Morgan fingerprint density at radius 1 is 1.22 bits per heavy atom. The molecular weight excluding hydrogens is 220 g/mol. The molecule has 100 valence electrons. The Morgan fingerprint density at radius 2 is 1.83 bits per heavy atom. The van der Waals surface area contributed by atoms with Gasteiger partial charge in [0, 0.05) is 25.8 Å². The summed E-state index contributed by atoms with van der Waals surface area (Å²) < 4.78 is 0. The summed E-state index contributed by atoms with van der Waals surface area (Å²) in [5.41, 5.74) is 3.89. The maximum atomic E-state index is 4.12. The van der Waals surface area contributed by atoms with E-state index in [1.807, 2.05) is 0 Å². The van der Waals surface area contributed by atoms with Crippen LogP contribution in [0.4, 0.5) is 5.69 Å². The molecule has 0 aliphatic carbocycles. The normalized spacial score (nSPS) is 12.2. The zero-order valence-corrected chi connectivity index (χ0v) is 12.2. The Labute approximate surface area is 112 Å². The van der Waals surface area contributed by atoms with E-state index in [0.29, 0.717) is 6.04 Å². The van der Waals surface area contributed by atoms with Crippen LogP contribution in [-0.2, 0) is 0 Å². The van der Waals surface area contributed by atoms with E-state index in [1.54, 1.807) is 0 Å². The van der Waals surface area contributed by atoms with Gasteiger partial charge in [-0.1, -0.05) is 38.1 Å². The van der Waals surface area contributed by atoms with Gasteiger partial charge >= 0.3 is 0 Å². The number of rotatable bonds is 7. The first-order chi connectivity index (χ1) is 8.58. The Balaban J connectivity index is 2.81. The highest BCUT2D eigenvalue weighted by molar-refractivity contribution is 5.46. The Hall–Kier alpha value is -1.28. The third-order valence-corrected chi connectivity index (χ3v) is 3.26. The Kier molecular flexibility index (Phi) is 5.93. The van der Waals surface area contributed by atoms with E-state index in [1.165, 1.54) is 16.8 Å². The smallest absolute Gasteiger partial charge is 0.0361 e. The van der Waals surface area contributed by atoms with Gasteiger partial charge in [-0.05, 0) is 37.1 Å². The number of nitrogens with zero attached hydrogens (tertiary/aromatic N) is 1. The summed E-state index contributed by atoms with van der Waals surface area (Å²) >= 11 is 0. The average molecular weight is 246 g/mol. The Morgan fingerprint density at radius 3 is 2.28 bits per heavy atom. The molecule has 0 spiro atoms. The summed E-state index contributed by atoms with van der Waals surface area (Å²) in [5.74, 6) is 0. The first kappa shape index (κ1) is 14.8. The topological polar surface area (TPSA) is 15.3 Å². The molecule has 0 bridgehead atoms. The maximum absolute atomic E-state index is 4.12. The van der Waals surface area contributed by atoms with Crippen molar-refractivity contribution >= 4 is 5.69 Å². The molecule has 1 unspecified atom stereocenters. The SMILES string of the molecule is C=C(CC)CC(NCC)c1ccc(N(C)C)cc1. The van der Waals surface area contributed by atoms with Crippen molar-refractivity contribution in [2.75, 3.05) is 25.5 Å². The Bertz CT molecular complexity index is 365. The molecule has 2 heteroatoms. The van der Waals surface area contributed by atoms with E-state index in [4.69, 9.17) is 0 Å². The van der Waals surface area contributed by atoms with Gasteiger partial charge in [0.15, 0.2) is 0 Å². The molecular formula is C16H26N2. The van der Waals surface area contributed by atoms with Crippen molar-refractivity contribution in [2.24, 2.45) is 0 Å². The van der Waals surface area contributed by atoms with Crippen LogP contribution in [0.2, 0.25) is 0 Å². The number of nitrogens with one attached hydrogen (secondary N) is 1. The van der Waals surface area contributed by atoms with Crippen molar-refractivity contribution in [3.63, 3.8) is 0 Å². The highest BCUT2D eigenvalue weighted by atomic mass is 15.1. The van der Waals surface area contributed by atoms with Crippen molar-refractivity contribution in [3.8, 4) is 0 Å². The second kappa shape index (κ2) is 7.22. The molecule has 0 saturated heterocycles. The second-order valence-electron chi connectivity index (χ2n) is 4.90. The van der Waals surface area contributed by atoms with Gasteiger partial charge in [0.25, 0.3) is 0 Å². The monoisotopic (exact) mass is 246 g/mol. The van der Waals surface area contributed by atoms with E-state index in [9.17, 15) is 0 Å². The summed E-state index contributed by atoms with van der Waals surface area (Å²) in [6.07, 6.45) is 2.07. The molecule has 0 aliphatic heterocycles.